The molecular formula is C19H22N3O+. The smallest absolute Gasteiger partial charge is 0.266 e. The summed E-state index contributed by atoms with van der Waals surface area (Å²) >= 11 is 0. The van der Waals surface area contributed by atoms with Gasteiger partial charge >= 0.3 is 0 Å². The number of hydrogen-bond donors (Lipinski definition) is 1. The molecule has 0 amide bonds. The number of benzene rings is 2. The first-order valence-electron chi connectivity index (χ1n) is 8.16. The van der Waals surface area contributed by atoms with Crippen LogP contribution in [-0.4, -0.2) is 16.1 Å². The van der Waals surface area contributed by atoms with Crippen LogP contribution in [0.1, 0.15) is 32.1 Å². The minimum atomic E-state index is -0.000229. The van der Waals surface area contributed by atoms with Crippen molar-refractivity contribution in [2.24, 2.45) is 0 Å². The summed E-state index contributed by atoms with van der Waals surface area (Å²) in [5.41, 5.74) is 1.64. The van der Waals surface area contributed by atoms with Crippen molar-refractivity contribution in [3.05, 3.63) is 70.8 Å². The maximum Gasteiger partial charge on any atom is 0.266 e. The van der Waals surface area contributed by atoms with E-state index in [1.165, 1.54) is 0 Å². The number of rotatable bonds is 5. The van der Waals surface area contributed by atoms with Crippen molar-refractivity contribution in [1.29, 1.82) is 0 Å². The first kappa shape index (κ1) is 15.4. The van der Waals surface area contributed by atoms with Crippen LogP contribution in [0.25, 0.3) is 16.6 Å². The second-order valence-electron chi connectivity index (χ2n) is 5.62. The third-order valence-corrected chi connectivity index (χ3v) is 4.11. The number of fused-ring (bicyclic) bond motifs is 1. The molecule has 3 rings (SSSR count). The Labute approximate surface area is 135 Å². The molecule has 0 aliphatic rings. The summed E-state index contributed by atoms with van der Waals surface area (Å²) < 4.78 is 1.77. The van der Waals surface area contributed by atoms with Crippen molar-refractivity contribution in [2.45, 2.75) is 26.3 Å². The van der Waals surface area contributed by atoms with Gasteiger partial charge in [0.2, 0.25) is 0 Å². The van der Waals surface area contributed by atoms with E-state index in [0.717, 1.165) is 30.0 Å². The second kappa shape index (κ2) is 6.75. The summed E-state index contributed by atoms with van der Waals surface area (Å²) in [5, 5.41) is 2.89. The Morgan fingerprint density at radius 1 is 1.04 bits per heavy atom. The zero-order valence-corrected chi connectivity index (χ0v) is 13.6. The minimum absolute atomic E-state index is 0.000229. The highest BCUT2D eigenvalue weighted by Gasteiger charge is 2.21. The van der Waals surface area contributed by atoms with Gasteiger partial charge in [-0.05, 0) is 31.2 Å². The Kier molecular flexibility index (Phi) is 4.53. The molecule has 0 spiro atoms. The van der Waals surface area contributed by atoms with Gasteiger partial charge in [-0.2, -0.15) is 0 Å². The molecule has 4 nitrogen and oxygen atoms in total. The van der Waals surface area contributed by atoms with Crippen LogP contribution >= 0.6 is 0 Å². The van der Waals surface area contributed by atoms with Gasteiger partial charge in [0.25, 0.3) is 5.56 Å². The van der Waals surface area contributed by atoms with Crippen LogP contribution in [0.3, 0.4) is 0 Å². The largest absolute Gasteiger partial charge is 0.338 e. The Morgan fingerprint density at radius 2 is 1.74 bits per heavy atom. The van der Waals surface area contributed by atoms with E-state index in [4.69, 9.17) is 4.98 Å². The summed E-state index contributed by atoms with van der Waals surface area (Å²) in [7, 11) is 0. The molecule has 4 heteroatoms. The van der Waals surface area contributed by atoms with Gasteiger partial charge in [0.15, 0.2) is 5.82 Å². The lowest BCUT2D eigenvalue weighted by Crippen LogP contribution is -2.85. The van der Waals surface area contributed by atoms with Gasteiger partial charge in [-0.25, -0.2) is 4.98 Å². The van der Waals surface area contributed by atoms with E-state index in [9.17, 15) is 4.79 Å². The molecule has 3 aromatic rings. The highest BCUT2D eigenvalue weighted by Crippen LogP contribution is 2.17. The summed E-state index contributed by atoms with van der Waals surface area (Å²) in [4.78, 5) is 17.9. The van der Waals surface area contributed by atoms with Crippen LogP contribution in [-0.2, 0) is 0 Å². The van der Waals surface area contributed by atoms with Gasteiger partial charge in [0, 0.05) is 6.42 Å². The van der Waals surface area contributed by atoms with E-state index in [0.29, 0.717) is 5.39 Å². The standard InChI is InChI=1S/C19H21N3O/c1-3-16(20-4-2)18-21-17-13-9-8-12-15(17)19(23)22(18)14-10-6-5-7-11-14/h5-13,16,20H,3-4H2,1-2H3/p+1/t16-/m0/s1. The van der Waals surface area contributed by atoms with Crippen LogP contribution in [0.5, 0.6) is 0 Å². The lowest BCUT2D eigenvalue weighted by Gasteiger charge is -2.18. The summed E-state index contributed by atoms with van der Waals surface area (Å²) in [5.74, 6) is 0.823. The van der Waals surface area contributed by atoms with E-state index < -0.39 is 0 Å². The van der Waals surface area contributed by atoms with Crippen molar-refractivity contribution in [2.75, 3.05) is 6.54 Å². The fourth-order valence-electron chi connectivity index (χ4n) is 2.96. The van der Waals surface area contributed by atoms with Crippen molar-refractivity contribution in [1.82, 2.24) is 9.55 Å². The summed E-state index contributed by atoms with van der Waals surface area (Å²) in [6.45, 7) is 5.21. The van der Waals surface area contributed by atoms with Gasteiger partial charge in [0.1, 0.15) is 6.04 Å². The zero-order chi connectivity index (χ0) is 16.2. The molecule has 0 fully saturated rings. The molecule has 23 heavy (non-hydrogen) atoms. The predicted octanol–water partition coefficient (Wildman–Crippen LogP) is 2.42. The molecule has 1 heterocycles. The molecule has 0 saturated carbocycles. The number of nitrogens with two attached hydrogens (primary N) is 1. The average Bonchev–Trinajstić information content (AvgIpc) is 2.60. The SMILES string of the molecule is CC[NH2+][C@@H](CC)c1nc2ccccc2c(=O)n1-c1ccccc1. The maximum atomic E-state index is 13.1. The Bertz CT molecular complexity index is 855. The molecular weight excluding hydrogens is 286 g/mol. The molecule has 1 aromatic heterocycles. The maximum absolute atomic E-state index is 13.1. The highest BCUT2D eigenvalue weighted by molar-refractivity contribution is 5.77. The van der Waals surface area contributed by atoms with Gasteiger partial charge in [0.05, 0.1) is 23.1 Å². The fourth-order valence-corrected chi connectivity index (χ4v) is 2.96. The normalized spacial score (nSPS) is 12.4. The third-order valence-electron chi connectivity index (χ3n) is 4.11. The quantitative estimate of drug-likeness (QED) is 0.787. The number of nitrogens with zero attached hydrogens (tertiary/aromatic N) is 2. The lowest BCUT2D eigenvalue weighted by molar-refractivity contribution is -0.694. The molecule has 0 saturated heterocycles. The van der Waals surface area contributed by atoms with Crippen molar-refractivity contribution in [3.63, 3.8) is 0 Å². The number of hydrogen-bond acceptors (Lipinski definition) is 2. The van der Waals surface area contributed by atoms with Gasteiger partial charge in [-0.3, -0.25) is 9.36 Å². The van der Waals surface area contributed by atoms with Crippen molar-refractivity contribution < 1.29 is 5.32 Å². The van der Waals surface area contributed by atoms with Crippen LogP contribution in [0.4, 0.5) is 0 Å². The van der Waals surface area contributed by atoms with Crippen molar-refractivity contribution >= 4 is 10.9 Å². The molecule has 0 radical (unpaired) electrons. The minimum Gasteiger partial charge on any atom is -0.338 e. The number of quaternary nitrogens is 1. The third kappa shape index (κ3) is 2.90. The van der Waals surface area contributed by atoms with E-state index in [-0.39, 0.29) is 11.6 Å². The number of aromatic nitrogens is 2. The Hall–Kier alpha value is -2.46. The topological polar surface area (TPSA) is 51.5 Å². The average molecular weight is 308 g/mol. The van der Waals surface area contributed by atoms with E-state index in [1.807, 2.05) is 54.6 Å². The van der Waals surface area contributed by atoms with Crippen LogP contribution in [0.2, 0.25) is 0 Å². The predicted molar refractivity (Wildman–Crippen MR) is 92.8 cm³/mol. The molecule has 118 valence electrons. The van der Waals surface area contributed by atoms with E-state index >= 15 is 0 Å². The monoisotopic (exact) mass is 308 g/mol. The molecule has 0 bridgehead atoms. The second-order valence-corrected chi connectivity index (χ2v) is 5.62. The van der Waals surface area contributed by atoms with E-state index in [1.54, 1.807) is 4.57 Å². The van der Waals surface area contributed by atoms with Crippen LogP contribution in [0.15, 0.2) is 59.4 Å². The zero-order valence-electron chi connectivity index (χ0n) is 13.6. The van der Waals surface area contributed by atoms with Gasteiger partial charge in [-0.15, -0.1) is 0 Å². The summed E-state index contributed by atoms with van der Waals surface area (Å²) in [6.07, 6.45) is 0.922. The van der Waals surface area contributed by atoms with Crippen LogP contribution < -0.4 is 10.9 Å². The van der Waals surface area contributed by atoms with Gasteiger partial charge in [-0.1, -0.05) is 37.3 Å². The Morgan fingerprint density at radius 3 is 2.43 bits per heavy atom. The number of para-hydroxylation sites is 2. The molecule has 0 aliphatic heterocycles. The van der Waals surface area contributed by atoms with Gasteiger partial charge < -0.3 is 5.32 Å². The molecule has 0 unspecified atom stereocenters. The first-order chi connectivity index (χ1) is 11.3. The van der Waals surface area contributed by atoms with E-state index in [2.05, 4.69) is 19.2 Å². The first-order valence-corrected chi connectivity index (χ1v) is 8.16. The summed E-state index contributed by atoms with van der Waals surface area (Å²) in [6, 6.07) is 17.5. The highest BCUT2D eigenvalue weighted by atomic mass is 16.1. The fraction of sp³-hybridized carbons (Fsp3) is 0.263. The molecule has 2 aromatic carbocycles. The lowest BCUT2D eigenvalue weighted by atomic mass is 10.1. The molecule has 0 aliphatic carbocycles. The van der Waals surface area contributed by atoms with Crippen LogP contribution in [0, 0.1) is 0 Å². The Balaban J connectivity index is 2.34. The molecule has 1 atom stereocenters. The molecule has 2 N–H and O–H groups in total. The van der Waals surface area contributed by atoms with Crippen molar-refractivity contribution in [3.8, 4) is 5.69 Å².